The standard InChI is InChI=1S/C26H27N5OS/c1-17-9-5-6-10-18(17)16-24(32)27-22-15-19(13-14-23(22)33-26(2,3)4)20-11-7-8-12-21(20)25-28-30-31-29-25/h5-15H,16H2,1-4H3,(H,27,32)(H,28,29,30,31). The highest BCUT2D eigenvalue weighted by molar-refractivity contribution is 8.00. The van der Waals surface area contributed by atoms with Gasteiger partial charge in [-0.05, 0) is 46.5 Å². The highest BCUT2D eigenvalue weighted by Crippen LogP contribution is 2.40. The monoisotopic (exact) mass is 457 g/mol. The normalized spacial score (nSPS) is 11.4. The van der Waals surface area contributed by atoms with Crippen LogP contribution in [0.1, 0.15) is 31.9 Å². The third-order valence-corrected chi connectivity index (χ3v) is 6.29. The molecule has 33 heavy (non-hydrogen) atoms. The van der Waals surface area contributed by atoms with E-state index in [-0.39, 0.29) is 10.7 Å². The Morgan fingerprint density at radius 3 is 2.42 bits per heavy atom. The highest BCUT2D eigenvalue weighted by atomic mass is 32.2. The first kappa shape index (κ1) is 22.7. The van der Waals surface area contributed by atoms with Crippen LogP contribution < -0.4 is 5.32 Å². The molecule has 0 bridgehead atoms. The van der Waals surface area contributed by atoms with Gasteiger partial charge in [-0.15, -0.1) is 22.0 Å². The molecular formula is C26H27N5OS. The third kappa shape index (κ3) is 5.68. The summed E-state index contributed by atoms with van der Waals surface area (Å²) in [5, 5.41) is 17.7. The number of carbonyl (C=O) groups is 1. The van der Waals surface area contributed by atoms with Crippen molar-refractivity contribution in [2.45, 2.75) is 43.8 Å². The van der Waals surface area contributed by atoms with Crippen molar-refractivity contribution < 1.29 is 4.79 Å². The number of amides is 1. The molecule has 0 aliphatic heterocycles. The molecule has 6 nitrogen and oxygen atoms in total. The second-order valence-electron chi connectivity index (χ2n) is 8.86. The van der Waals surface area contributed by atoms with Crippen LogP contribution in [0, 0.1) is 6.92 Å². The lowest BCUT2D eigenvalue weighted by Gasteiger charge is -2.21. The Hall–Kier alpha value is -3.45. The molecule has 4 aromatic rings. The van der Waals surface area contributed by atoms with E-state index in [2.05, 4.69) is 58.8 Å². The van der Waals surface area contributed by atoms with Gasteiger partial charge in [-0.25, -0.2) is 0 Å². The number of anilines is 1. The summed E-state index contributed by atoms with van der Waals surface area (Å²) in [7, 11) is 0. The molecule has 1 aromatic heterocycles. The fourth-order valence-corrected chi connectivity index (χ4v) is 4.61. The van der Waals surface area contributed by atoms with Crippen molar-refractivity contribution >= 4 is 23.4 Å². The average molecular weight is 458 g/mol. The zero-order chi connectivity index (χ0) is 23.4. The number of nitrogens with zero attached hydrogens (tertiary/aromatic N) is 3. The van der Waals surface area contributed by atoms with E-state index in [1.165, 1.54) is 0 Å². The molecule has 0 atom stereocenters. The molecule has 2 N–H and O–H groups in total. The molecule has 1 heterocycles. The van der Waals surface area contributed by atoms with Gasteiger partial charge in [0.1, 0.15) is 0 Å². The number of benzene rings is 3. The van der Waals surface area contributed by atoms with E-state index in [4.69, 9.17) is 0 Å². The molecule has 1 amide bonds. The molecule has 0 aliphatic carbocycles. The first-order valence-corrected chi connectivity index (χ1v) is 11.6. The van der Waals surface area contributed by atoms with Crippen LogP contribution in [0.15, 0.2) is 71.6 Å². The Labute approximate surface area is 198 Å². The molecular weight excluding hydrogens is 430 g/mol. The van der Waals surface area contributed by atoms with Gasteiger partial charge in [-0.3, -0.25) is 4.79 Å². The van der Waals surface area contributed by atoms with E-state index in [0.717, 1.165) is 38.4 Å². The van der Waals surface area contributed by atoms with Crippen LogP contribution in [-0.2, 0) is 11.2 Å². The van der Waals surface area contributed by atoms with Gasteiger partial charge in [0.2, 0.25) is 11.7 Å². The molecule has 0 radical (unpaired) electrons. The first-order valence-electron chi connectivity index (χ1n) is 10.8. The van der Waals surface area contributed by atoms with Crippen LogP contribution >= 0.6 is 11.8 Å². The van der Waals surface area contributed by atoms with Crippen LogP contribution in [0.2, 0.25) is 0 Å². The summed E-state index contributed by atoms with van der Waals surface area (Å²) in [6.45, 7) is 8.52. The SMILES string of the molecule is Cc1ccccc1CC(=O)Nc1cc(-c2ccccc2-c2nn[nH]n2)ccc1SC(C)(C)C. The van der Waals surface area contributed by atoms with E-state index < -0.39 is 0 Å². The predicted molar refractivity (Wildman–Crippen MR) is 134 cm³/mol. The number of tetrazole rings is 1. The lowest BCUT2D eigenvalue weighted by atomic mass is 9.98. The van der Waals surface area contributed by atoms with Gasteiger partial charge in [-0.2, -0.15) is 5.21 Å². The number of aryl methyl sites for hydroxylation is 1. The van der Waals surface area contributed by atoms with Crippen molar-refractivity contribution in [3.8, 4) is 22.5 Å². The lowest BCUT2D eigenvalue weighted by Crippen LogP contribution is -2.16. The summed E-state index contributed by atoms with van der Waals surface area (Å²) >= 11 is 1.73. The lowest BCUT2D eigenvalue weighted by molar-refractivity contribution is -0.115. The number of rotatable bonds is 6. The number of hydrogen-bond acceptors (Lipinski definition) is 5. The molecule has 0 saturated heterocycles. The Bertz CT molecular complexity index is 1260. The van der Waals surface area contributed by atoms with Gasteiger partial charge in [0.15, 0.2) is 0 Å². The van der Waals surface area contributed by atoms with E-state index in [9.17, 15) is 4.79 Å². The molecule has 0 unspecified atom stereocenters. The average Bonchev–Trinajstić information content (AvgIpc) is 3.30. The van der Waals surface area contributed by atoms with Crippen molar-refractivity contribution in [2.75, 3.05) is 5.32 Å². The number of thioether (sulfide) groups is 1. The number of carbonyl (C=O) groups excluding carboxylic acids is 1. The fourth-order valence-electron chi connectivity index (χ4n) is 3.60. The van der Waals surface area contributed by atoms with E-state index in [1.807, 2.05) is 61.5 Å². The zero-order valence-electron chi connectivity index (χ0n) is 19.2. The topological polar surface area (TPSA) is 83.6 Å². The summed E-state index contributed by atoms with van der Waals surface area (Å²) in [4.78, 5) is 14.0. The molecule has 7 heteroatoms. The van der Waals surface area contributed by atoms with E-state index >= 15 is 0 Å². The number of nitrogens with one attached hydrogen (secondary N) is 2. The Kier molecular flexibility index (Phi) is 6.60. The first-order chi connectivity index (χ1) is 15.8. The van der Waals surface area contributed by atoms with Gasteiger partial charge in [-0.1, -0.05) is 75.4 Å². The Morgan fingerprint density at radius 2 is 1.73 bits per heavy atom. The zero-order valence-corrected chi connectivity index (χ0v) is 20.0. The van der Waals surface area contributed by atoms with Crippen molar-refractivity contribution in [3.63, 3.8) is 0 Å². The maximum atomic E-state index is 13.0. The van der Waals surface area contributed by atoms with E-state index in [0.29, 0.717) is 12.2 Å². The van der Waals surface area contributed by atoms with Crippen LogP contribution in [0.3, 0.4) is 0 Å². The maximum Gasteiger partial charge on any atom is 0.228 e. The molecule has 3 aromatic carbocycles. The van der Waals surface area contributed by atoms with Crippen molar-refractivity contribution in [1.29, 1.82) is 0 Å². The van der Waals surface area contributed by atoms with Crippen LogP contribution in [0.4, 0.5) is 5.69 Å². The molecule has 0 fully saturated rings. The number of aromatic amines is 1. The van der Waals surface area contributed by atoms with Gasteiger partial charge in [0.25, 0.3) is 0 Å². The third-order valence-electron chi connectivity index (χ3n) is 5.11. The Balaban J connectivity index is 1.70. The highest BCUT2D eigenvalue weighted by Gasteiger charge is 2.18. The fraction of sp³-hybridized carbons (Fsp3) is 0.231. The predicted octanol–water partition coefficient (Wildman–Crippen LogP) is 5.91. The van der Waals surface area contributed by atoms with Gasteiger partial charge < -0.3 is 5.32 Å². The van der Waals surface area contributed by atoms with Crippen LogP contribution in [-0.4, -0.2) is 31.3 Å². The second-order valence-corrected chi connectivity index (χ2v) is 10.7. The maximum absolute atomic E-state index is 13.0. The van der Waals surface area contributed by atoms with Gasteiger partial charge in [0.05, 0.1) is 12.1 Å². The molecule has 4 rings (SSSR count). The van der Waals surface area contributed by atoms with Gasteiger partial charge in [0, 0.05) is 15.2 Å². The summed E-state index contributed by atoms with van der Waals surface area (Å²) in [6.07, 6.45) is 0.329. The molecule has 0 aliphatic rings. The van der Waals surface area contributed by atoms with Crippen molar-refractivity contribution in [2.24, 2.45) is 0 Å². The second kappa shape index (κ2) is 9.58. The largest absolute Gasteiger partial charge is 0.325 e. The van der Waals surface area contributed by atoms with Crippen LogP contribution in [0.5, 0.6) is 0 Å². The molecule has 0 saturated carbocycles. The summed E-state index contributed by atoms with van der Waals surface area (Å²) in [5.74, 6) is 0.493. The minimum atomic E-state index is -0.0383. The smallest absolute Gasteiger partial charge is 0.228 e. The van der Waals surface area contributed by atoms with Crippen LogP contribution in [0.25, 0.3) is 22.5 Å². The van der Waals surface area contributed by atoms with E-state index in [1.54, 1.807) is 11.8 Å². The number of hydrogen-bond donors (Lipinski definition) is 2. The number of aromatic nitrogens is 4. The minimum Gasteiger partial charge on any atom is -0.325 e. The minimum absolute atomic E-state index is 0.000444. The Morgan fingerprint density at radius 1 is 1.00 bits per heavy atom. The van der Waals surface area contributed by atoms with Crippen molar-refractivity contribution in [3.05, 3.63) is 77.9 Å². The molecule has 168 valence electrons. The summed E-state index contributed by atoms with van der Waals surface area (Å²) in [5.41, 5.74) is 5.76. The van der Waals surface area contributed by atoms with Crippen molar-refractivity contribution in [1.82, 2.24) is 20.6 Å². The molecule has 0 spiro atoms. The quantitative estimate of drug-likeness (QED) is 0.352. The van der Waals surface area contributed by atoms with Gasteiger partial charge >= 0.3 is 0 Å². The summed E-state index contributed by atoms with van der Waals surface area (Å²) in [6, 6.07) is 22.1. The summed E-state index contributed by atoms with van der Waals surface area (Å²) < 4.78 is -0.000444. The number of H-pyrrole nitrogens is 1.